The Kier molecular flexibility index (Phi) is 6.76. The third-order valence-corrected chi connectivity index (χ3v) is 2.87. The monoisotopic (exact) mass is 294 g/mol. The lowest BCUT2D eigenvalue weighted by molar-refractivity contribution is 0.0736. The molecule has 0 aliphatic rings. The highest BCUT2D eigenvalue weighted by Crippen LogP contribution is 2.09. The van der Waals surface area contributed by atoms with Crippen LogP contribution in [0.2, 0.25) is 0 Å². The third-order valence-electron chi connectivity index (χ3n) is 2.87. The number of nitrogens with two attached hydrogens (primary N) is 1. The Bertz CT molecular complexity index is 501. The van der Waals surface area contributed by atoms with Crippen molar-refractivity contribution in [1.82, 2.24) is 15.1 Å². The van der Waals surface area contributed by atoms with E-state index >= 15 is 0 Å². The zero-order valence-electron chi connectivity index (χ0n) is 11.2. The van der Waals surface area contributed by atoms with Gasteiger partial charge in [-0.15, -0.1) is 12.4 Å². The standard InChI is InChI=1S/C14H18N4O.ClH/c15-8-4-10-18(11-12-5-2-1-3-6-12)14(19)13-7-9-16-17-13;/h1-3,5-7,9H,4,8,10-11,15H2,(H,16,17);1H. The molecule has 0 atom stereocenters. The van der Waals surface area contributed by atoms with Gasteiger partial charge in [0.2, 0.25) is 0 Å². The van der Waals surface area contributed by atoms with Crippen molar-refractivity contribution in [3.8, 4) is 0 Å². The molecule has 0 unspecified atom stereocenters. The van der Waals surface area contributed by atoms with E-state index in [9.17, 15) is 4.79 Å². The highest BCUT2D eigenvalue weighted by molar-refractivity contribution is 5.92. The molecular weight excluding hydrogens is 276 g/mol. The molecule has 0 fully saturated rings. The predicted molar refractivity (Wildman–Crippen MR) is 80.7 cm³/mol. The fourth-order valence-electron chi connectivity index (χ4n) is 1.88. The van der Waals surface area contributed by atoms with Crippen LogP contribution in [0.5, 0.6) is 0 Å². The highest BCUT2D eigenvalue weighted by atomic mass is 35.5. The summed E-state index contributed by atoms with van der Waals surface area (Å²) in [4.78, 5) is 14.1. The summed E-state index contributed by atoms with van der Waals surface area (Å²) in [6.07, 6.45) is 2.36. The van der Waals surface area contributed by atoms with Crippen molar-refractivity contribution in [3.05, 3.63) is 53.9 Å². The Labute approximate surface area is 124 Å². The first-order valence-electron chi connectivity index (χ1n) is 6.34. The Morgan fingerprint density at radius 2 is 2.00 bits per heavy atom. The lowest BCUT2D eigenvalue weighted by Crippen LogP contribution is -2.32. The molecule has 3 N–H and O–H groups in total. The minimum atomic E-state index is -0.0465. The van der Waals surface area contributed by atoms with E-state index < -0.39 is 0 Å². The normalized spacial score (nSPS) is 9.85. The molecule has 0 radical (unpaired) electrons. The molecule has 2 rings (SSSR count). The molecular formula is C14H19ClN4O. The fourth-order valence-corrected chi connectivity index (χ4v) is 1.88. The number of H-pyrrole nitrogens is 1. The lowest BCUT2D eigenvalue weighted by atomic mass is 10.2. The van der Waals surface area contributed by atoms with Crippen molar-refractivity contribution in [3.63, 3.8) is 0 Å². The molecule has 0 aliphatic carbocycles. The molecule has 0 saturated carbocycles. The largest absolute Gasteiger partial charge is 0.333 e. The number of carbonyl (C=O) groups excluding carboxylic acids is 1. The van der Waals surface area contributed by atoms with Gasteiger partial charge in [0, 0.05) is 19.3 Å². The van der Waals surface area contributed by atoms with Gasteiger partial charge < -0.3 is 10.6 Å². The van der Waals surface area contributed by atoms with Crippen LogP contribution in [0, 0.1) is 0 Å². The molecule has 0 spiro atoms. The minimum absolute atomic E-state index is 0. The van der Waals surface area contributed by atoms with Crippen molar-refractivity contribution < 1.29 is 4.79 Å². The number of benzene rings is 1. The van der Waals surface area contributed by atoms with E-state index in [2.05, 4.69) is 10.2 Å². The summed E-state index contributed by atoms with van der Waals surface area (Å²) in [5, 5.41) is 6.52. The maximum Gasteiger partial charge on any atom is 0.272 e. The van der Waals surface area contributed by atoms with Gasteiger partial charge in [-0.25, -0.2) is 0 Å². The van der Waals surface area contributed by atoms with Gasteiger partial charge in [0.05, 0.1) is 0 Å². The molecule has 20 heavy (non-hydrogen) atoms. The number of nitrogens with zero attached hydrogens (tertiary/aromatic N) is 2. The molecule has 1 amide bonds. The highest BCUT2D eigenvalue weighted by Gasteiger charge is 2.16. The zero-order chi connectivity index (χ0) is 13.5. The summed E-state index contributed by atoms with van der Waals surface area (Å²) in [6.45, 7) is 1.80. The fraction of sp³-hybridized carbons (Fsp3) is 0.286. The van der Waals surface area contributed by atoms with Gasteiger partial charge in [-0.3, -0.25) is 9.89 Å². The number of nitrogens with one attached hydrogen (secondary N) is 1. The summed E-state index contributed by atoms with van der Waals surface area (Å²) in [6, 6.07) is 11.6. The Balaban J connectivity index is 0.00000200. The van der Waals surface area contributed by atoms with Crippen LogP contribution >= 0.6 is 12.4 Å². The molecule has 108 valence electrons. The molecule has 1 aromatic heterocycles. The summed E-state index contributed by atoms with van der Waals surface area (Å²) in [5.41, 5.74) is 7.14. The first kappa shape index (κ1) is 16.2. The first-order valence-corrected chi connectivity index (χ1v) is 6.34. The van der Waals surface area contributed by atoms with Gasteiger partial charge in [0.25, 0.3) is 5.91 Å². The second kappa shape index (κ2) is 8.35. The second-order valence-electron chi connectivity index (χ2n) is 4.32. The van der Waals surface area contributed by atoms with Crippen LogP contribution in [-0.2, 0) is 6.54 Å². The van der Waals surface area contributed by atoms with Crippen molar-refractivity contribution >= 4 is 18.3 Å². The molecule has 0 aliphatic heterocycles. The van der Waals surface area contributed by atoms with Crippen molar-refractivity contribution in [2.75, 3.05) is 13.1 Å². The Morgan fingerprint density at radius 3 is 2.60 bits per heavy atom. The van der Waals surface area contributed by atoms with Gasteiger partial charge in [0.15, 0.2) is 0 Å². The summed E-state index contributed by atoms with van der Waals surface area (Å²) < 4.78 is 0. The van der Waals surface area contributed by atoms with Crippen LogP contribution in [0.4, 0.5) is 0 Å². The van der Waals surface area contributed by atoms with Crippen LogP contribution in [-0.4, -0.2) is 34.1 Å². The van der Waals surface area contributed by atoms with Gasteiger partial charge >= 0.3 is 0 Å². The number of halogens is 1. The van der Waals surface area contributed by atoms with E-state index in [-0.39, 0.29) is 18.3 Å². The summed E-state index contributed by atoms with van der Waals surface area (Å²) in [7, 11) is 0. The third kappa shape index (κ3) is 4.36. The predicted octanol–water partition coefficient (Wildman–Crippen LogP) is 1.82. The number of aromatic amines is 1. The average molecular weight is 295 g/mol. The number of carbonyl (C=O) groups is 1. The molecule has 1 aromatic carbocycles. The number of rotatable bonds is 6. The van der Waals surface area contributed by atoms with Crippen molar-refractivity contribution in [2.45, 2.75) is 13.0 Å². The lowest BCUT2D eigenvalue weighted by Gasteiger charge is -2.22. The average Bonchev–Trinajstić information content (AvgIpc) is 2.98. The molecule has 0 saturated heterocycles. The van der Waals surface area contributed by atoms with Crippen molar-refractivity contribution in [1.29, 1.82) is 0 Å². The van der Waals surface area contributed by atoms with Crippen LogP contribution in [0.3, 0.4) is 0 Å². The first-order chi connectivity index (χ1) is 9.31. The van der Waals surface area contributed by atoms with E-state index in [1.807, 2.05) is 30.3 Å². The number of aromatic nitrogens is 2. The van der Waals surface area contributed by atoms with E-state index in [1.54, 1.807) is 17.2 Å². The van der Waals surface area contributed by atoms with Crippen LogP contribution in [0.1, 0.15) is 22.5 Å². The maximum absolute atomic E-state index is 12.3. The van der Waals surface area contributed by atoms with Gasteiger partial charge in [-0.2, -0.15) is 5.10 Å². The van der Waals surface area contributed by atoms with E-state index in [4.69, 9.17) is 5.73 Å². The molecule has 2 aromatic rings. The quantitative estimate of drug-likeness (QED) is 0.853. The Morgan fingerprint density at radius 1 is 1.25 bits per heavy atom. The maximum atomic E-state index is 12.3. The van der Waals surface area contributed by atoms with Gasteiger partial charge in [-0.05, 0) is 24.6 Å². The van der Waals surface area contributed by atoms with Crippen LogP contribution in [0.15, 0.2) is 42.6 Å². The Hall–Kier alpha value is -1.85. The topological polar surface area (TPSA) is 75.0 Å². The van der Waals surface area contributed by atoms with Crippen molar-refractivity contribution in [2.24, 2.45) is 5.73 Å². The zero-order valence-corrected chi connectivity index (χ0v) is 12.0. The van der Waals surface area contributed by atoms with E-state index in [0.717, 1.165) is 12.0 Å². The molecule has 1 heterocycles. The smallest absolute Gasteiger partial charge is 0.272 e. The number of hydrogen-bond donors (Lipinski definition) is 2. The van der Waals surface area contributed by atoms with Crippen LogP contribution in [0.25, 0.3) is 0 Å². The van der Waals surface area contributed by atoms with Crippen LogP contribution < -0.4 is 5.73 Å². The number of hydrogen-bond acceptors (Lipinski definition) is 3. The molecule has 6 heteroatoms. The minimum Gasteiger partial charge on any atom is -0.333 e. The molecule has 5 nitrogen and oxygen atoms in total. The van der Waals surface area contributed by atoms with Gasteiger partial charge in [0.1, 0.15) is 5.69 Å². The number of amides is 1. The molecule has 0 bridgehead atoms. The summed E-state index contributed by atoms with van der Waals surface area (Å²) >= 11 is 0. The SMILES string of the molecule is Cl.NCCCN(Cc1ccccc1)C(=O)c1ccn[nH]1. The van der Waals surface area contributed by atoms with Gasteiger partial charge in [-0.1, -0.05) is 30.3 Å². The van der Waals surface area contributed by atoms with E-state index in [1.165, 1.54) is 0 Å². The second-order valence-corrected chi connectivity index (χ2v) is 4.32. The summed E-state index contributed by atoms with van der Waals surface area (Å²) in [5.74, 6) is -0.0465. The van der Waals surface area contributed by atoms with E-state index in [0.29, 0.717) is 25.3 Å².